The van der Waals surface area contributed by atoms with Crippen LogP contribution in [-0.2, 0) is 9.53 Å². The van der Waals surface area contributed by atoms with Gasteiger partial charge in [0.05, 0.1) is 11.7 Å². The SMILES string of the molecule is C=C1C(=O)O[C@@H]2[C@@H](O)[C@]3(C)CC[C@H]3[C@](C)(O)CC[C@@H]12. The Labute approximate surface area is 113 Å². The Morgan fingerprint density at radius 2 is 2.00 bits per heavy atom. The van der Waals surface area contributed by atoms with Gasteiger partial charge in [0.2, 0.25) is 0 Å². The van der Waals surface area contributed by atoms with Gasteiger partial charge in [-0.2, -0.15) is 0 Å². The van der Waals surface area contributed by atoms with Crippen LogP contribution in [0, 0.1) is 17.3 Å². The summed E-state index contributed by atoms with van der Waals surface area (Å²) in [7, 11) is 0. The Morgan fingerprint density at radius 1 is 1.32 bits per heavy atom. The molecule has 1 heterocycles. The van der Waals surface area contributed by atoms with E-state index in [1.54, 1.807) is 0 Å². The average molecular weight is 266 g/mol. The summed E-state index contributed by atoms with van der Waals surface area (Å²) in [6.07, 6.45) is 1.85. The Morgan fingerprint density at radius 3 is 2.58 bits per heavy atom. The van der Waals surface area contributed by atoms with E-state index >= 15 is 0 Å². The fourth-order valence-corrected chi connectivity index (χ4v) is 4.37. The lowest BCUT2D eigenvalue weighted by Crippen LogP contribution is -2.61. The zero-order valence-corrected chi connectivity index (χ0v) is 11.6. The minimum atomic E-state index is -0.787. The van der Waals surface area contributed by atoms with E-state index in [0.29, 0.717) is 18.4 Å². The Bertz CT molecular complexity index is 441. The Hall–Kier alpha value is -0.870. The van der Waals surface area contributed by atoms with Crippen molar-refractivity contribution in [1.82, 2.24) is 0 Å². The Kier molecular flexibility index (Phi) is 2.64. The number of hydrogen-bond donors (Lipinski definition) is 2. The number of carbonyl (C=O) groups is 1. The second-order valence-electron chi connectivity index (χ2n) is 6.94. The van der Waals surface area contributed by atoms with Gasteiger partial charge in [-0.25, -0.2) is 4.79 Å². The minimum Gasteiger partial charge on any atom is -0.456 e. The summed E-state index contributed by atoms with van der Waals surface area (Å²) in [6, 6.07) is 0. The minimum absolute atomic E-state index is 0.0727. The third-order valence-corrected chi connectivity index (χ3v) is 5.82. The maximum atomic E-state index is 11.7. The predicted molar refractivity (Wildman–Crippen MR) is 69.2 cm³/mol. The van der Waals surface area contributed by atoms with Crippen molar-refractivity contribution in [1.29, 1.82) is 0 Å². The van der Waals surface area contributed by atoms with Crippen LogP contribution in [0.4, 0.5) is 0 Å². The van der Waals surface area contributed by atoms with Crippen LogP contribution < -0.4 is 0 Å². The van der Waals surface area contributed by atoms with Crippen molar-refractivity contribution < 1.29 is 19.7 Å². The summed E-state index contributed by atoms with van der Waals surface area (Å²) < 4.78 is 5.34. The number of hydrogen-bond acceptors (Lipinski definition) is 4. The first-order chi connectivity index (χ1) is 8.77. The molecular weight excluding hydrogens is 244 g/mol. The lowest BCUT2D eigenvalue weighted by Gasteiger charge is -2.58. The van der Waals surface area contributed by atoms with E-state index in [2.05, 4.69) is 6.58 Å². The molecule has 4 heteroatoms. The van der Waals surface area contributed by atoms with Crippen molar-refractivity contribution in [3.05, 3.63) is 12.2 Å². The highest BCUT2D eigenvalue weighted by Gasteiger charge is 2.61. The number of ether oxygens (including phenoxy) is 1. The third-order valence-electron chi connectivity index (χ3n) is 5.82. The van der Waals surface area contributed by atoms with Gasteiger partial charge in [0.15, 0.2) is 0 Å². The number of carbonyl (C=O) groups excluding carboxylic acids is 1. The smallest absolute Gasteiger partial charge is 0.334 e. The Balaban J connectivity index is 1.98. The molecule has 3 fully saturated rings. The topological polar surface area (TPSA) is 66.8 Å². The fraction of sp³-hybridized carbons (Fsp3) is 0.800. The zero-order chi connectivity index (χ0) is 14.0. The zero-order valence-electron chi connectivity index (χ0n) is 11.6. The number of fused-ring (bicyclic) bond motifs is 2. The molecule has 0 amide bonds. The van der Waals surface area contributed by atoms with Crippen LogP contribution in [0.25, 0.3) is 0 Å². The largest absolute Gasteiger partial charge is 0.456 e. The summed E-state index contributed by atoms with van der Waals surface area (Å²) in [6.45, 7) is 7.64. The number of aliphatic hydroxyl groups is 2. The van der Waals surface area contributed by atoms with Gasteiger partial charge in [-0.05, 0) is 38.5 Å². The number of esters is 1. The van der Waals surface area contributed by atoms with E-state index in [9.17, 15) is 15.0 Å². The number of aliphatic hydroxyl groups excluding tert-OH is 1. The predicted octanol–water partition coefficient (Wildman–Crippen LogP) is 1.41. The number of rotatable bonds is 0. The molecule has 0 aromatic rings. The second-order valence-corrected chi connectivity index (χ2v) is 6.94. The third kappa shape index (κ3) is 1.62. The molecule has 0 unspecified atom stereocenters. The van der Waals surface area contributed by atoms with Crippen LogP contribution in [0.2, 0.25) is 0 Å². The van der Waals surface area contributed by atoms with Gasteiger partial charge < -0.3 is 14.9 Å². The first-order valence-corrected chi connectivity index (χ1v) is 7.07. The van der Waals surface area contributed by atoms with Crippen molar-refractivity contribution in [3.8, 4) is 0 Å². The molecule has 0 bridgehead atoms. The van der Waals surface area contributed by atoms with Crippen LogP contribution >= 0.6 is 0 Å². The van der Waals surface area contributed by atoms with E-state index in [0.717, 1.165) is 12.8 Å². The summed E-state index contributed by atoms with van der Waals surface area (Å²) in [5.41, 5.74) is -0.705. The fourth-order valence-electron chi connectivity index (χ4n) is 4.37. The van der Waals surface area contributed by atoms with E-state index < -0.39 is 23.8 Å². The lowest BCUT2D eigenvalue weighted by atomic mass is 9.50. The van der Waals surface area contributed by atoms with Gasteiger partial charge in [-0.3, -0.25) is 0 Å². The van der Waals surface area contributed by atoms with Crippen LogP contribution in [0.15, 0.2) is 12.2 Å². The van der Waals surface area contributed by atoms with Gasteiger partial charge in [0.25, 0.3) is 0 Å². The summed E-state index contributed by atoms with van der Waals surface area (Å²) in [5, 5.41) is 21.3. The molecule has 0 radical (unpaired) electrons. The standard InChI is InChI=1S/C15H22O4/c1-8-9-4-7-15(3,18)10-5-6-14(10,2)12(16)11(9)19-13(8)17/h9-12,16,18H,1,4-7H2,2-3H3/t9-,10+,11-,12+,14+,15+/m0/s1. The van der Waals surface area contributed by atoms with Crippen LogP contribution in [0.3, 0.4) is 0 Å². The van der Waals surface area contributed by atoms with Gasteiger partial charge in [-0.1, -0.05) is 13.5 Å². The molecule has 6 atom stereocenters. The molecule has 2 aliphatic carbocycles. The molecule has 1 saturated heterocycles. The maximum Gasteiger partial charge on any atom is 0.334 e. The summed E-state index contributed by atoms with van der Waals surface area (Å²) in [4.78, 5) is 11.7. The van der Waals surface area contributed by atoms with E-state index in [1.807, 2.05) is 13.8 Å². The lowest BCUT2D eigenvalue weighted by molar-refractivity contribution is -0.207. The van der Waals surface area contributed by atoms with Gasteiger partial charge >= 0.3 is 5.97 Å². The molecule has 3 aliphatic rings. The molecule has 1 aliphatic heterocycles. The first kappa shape index (κ1) is 13.1. The van der Waals surface area contributed by atoms with Crippen molar-refractivity contribution in [2.24, 2.45) is 17.3 Å². The molecular formula is C15H22O4. The van der Waals surface area contributed by atoms with Crippen molar-refractivity contribution in [2.45, 2.75) is 57.3 Å². The molecule has 3 rings (SSSR count). The first-order valence-electron chi connectivity index (χ1n) is 7.07. The van der Waals surface area contributed by atoms with Gasteiger partial charge in [0, 0.05) is 16.9 Å². The van der Waals surface area contributed by atoms with Crippen molar-refractivity contribution in [2.75, 3.05) is 0 Å². The molecule has 2 N–H and O–H groups in total. The van der Waals surface area contributed by atoms with Crippen LogP contribution in [0.5, 0.6) is 0 Å². The normalized spacial score (nSPS) is 53.5. The van der Waals surface area contributed by atoms with Gasteiger partial charge in [0.1, 0.15) is 6.10 Å². The van der Waals surface area contributed by atoms with Gasteiger partial charge in [-0.15, -0.1) is 0 Å². The van der Waals surface area contributed by atoms with Crippen molar-refractivity contribution >= 4 is 5.97 Å². The molecule has 19 heavy (non-hydrogen) atoms. The second kappa shape index (κ2) is 3.83. The highest BCUT2D eigenvalue weighted by molar-refractivity contribution is 5.90. The monoisotopic (exact) mass is 266 g/mol. The van der Waals surface area contributed by atoms with E-state index in [1.165, 1.54) is 0 Å². The van der Waals surface area contributed by atoms with Crippen LogP contribution in [-0.4, -0.2) is 34.0 Å². The van der Waals surface area contributed by atoms with E-state index in [-0.39, 0.29) is 17.3 Å². The summed E-state index contributed by atoms with van der Waals surface area (Å²) in [5.74, 6) is -0.481. The molecule has 4 nitrogen and oxygen atoms in total. The molecule has 0 spiro atoms. The van der Waals surface area contributed by atoms with Crippen molar-refractivity contribution in [3.63, 3.8) is 0 Å². The average Bonchev–Trinajstić information content (AvgIpc) is 2.58. The van der Waals surface area contributed by atoms with Crippen LogP contribution in [0.1, 0.15) is 39.5 Å². The molecule has 106 valence electrons. The highest BCUT2D eigenvalue weighted by Crippen LogP contribution is 2.58. The maximum absolute atomic E-state index is 11.7. The molecule has 0 aromatic carbocycles. The molecule has 0 aromatic heterocycles. The highest BCUT2D eigenvalue weighted by atomic mass is 16.6. The van der Waals surface area contributed by atoms with E-state index in [4.69, 9.17) is 4.74 Å². The summed E-state index contributed by atoms with van der Waals surface area (Å²) >= 11 is 0. The molecule has 2 saturated carbocycles. The quantitative estimate of drug-likeness (QED) is 0.514.